The van der Waals surface area contributed by atoms with Crippen LogP contribution in [0.4, 0.5) is 21.7 Å². The van der Waals surface area contributed by atoms with Crippen LogP contribution < -0.4 is 10.2 Å². The molecule has 1 aliphatic rings. The molecule has 0 bridgehead atoms. The molecule has 6 nitrogen and oxygen atoms in total. The molecule has 2 N–H and O–H groups in total. The Hall–Kier alpha value is -3.55. The number of aromatic nitrogens is 2. The van der Waals surface area contributed by atoms with Gasteiger partial charge in [-0.05, 0) is 23.8 Å². The number of fused-ring (bicyclic) bond motifs is 1. The third-order valence-corrected chi connectivity index (χ3v) is 6.34. The van der Waals surface area contributed by atoms with E-state index in [4.69, 9.17) is 4.98 Å². The number of hydrogen-bond acceptors (Lipinski definition) is 6. The zero-order valence-electron chi connectivity index (χ0n) is 19.0. The number of piperazine rings is 1. The molecule has 34 heavy (non-hydrogen) atoms. The van der Waals surface area contributed by atoms with Gasteiger partial charge >= 0.3 is 0 Å². The monoisotopic (exact) mass is 457 g/mol. The van der Waals surface area contributed by atoms with Crippen molar-refractivity contribution in [2.24, 2.45) is 0 Å². The zero-order chi connectivity index (χ0) is 23.3. The van der Waals surface area contributed by atoms with Crippen molar-refractivity contribution >= 4 is 28.2 Å². The maximum atomic E-state index is 12.6. The summed E-state index contributed by atoms with van der Waals surface area (Å²) in [6.07, 6.45) is 1.82. The van der Waals surface area contributed by atoms with Crippen molar-refractivity contribution in [2.75, 3.05) is 49.6 Å². The van der Waals surface area contributed by atoms with E-state index in [2.05, 4.69) is 38.3 Å². The second-order valence-corrected chi connectivity index (χ2v) is 8.45. The van der Waals surface area contributed by atoms with Gasteiger partial charge in [-0.25, -0.2) is 14.4 Å². The first-order valence-electron chi connectivity index (χ1n) is 11.6. The largest absolute Gasteiger partial charge is 0.392 e. The molecule has 0 saturated carbocycles. The third-order valence-electron chi connectivity index (χ3n) is 6.34. The van der Waals surface area contributed by atoms with Gasteiger partial charge in [0.1, 0.15) is 6.67 Å². The fraction of sp³-hybridized carbons (Fsp3) is 0.259. The van der Waals surface area contributed by atoms with Gasteiger partial charge in [0.2, 0.25) is 5.95 Å². The molecule has 2 heterocycles. The van der Waals surface area contributed by atoms with E-state index in [1.165, 1.54) is 0 Å². The number of nitrogens with one attached hydrogen (secondary N) is 1. The number of aliphatic hydroxyl groups excluding tert-OH is 1. The van der Waals surface area contributed by atoms with Gasteiger partial charge in [0, 0.05) is 66.8 Å². The van der Waals surface area contributed by atoms with Crippen LogP contribution in [-0.2, 0) is 6.61 Å². The van der Waals surface area contributed by atoms with Gasteiger partial charge < -0.3 is 15.3 Å². The molecule has 1 saturated heterocycles. The Labute approximate surface area is 198 Å². The number of benzene rings is 3. The topological polar surface area (TPSA) is 64.5 Å². The number of aliphatic hydroxyl groups is 1. The van der Waals surface area contributed by atoms with Crippen molar-refractivity contribution in [2.45, 2.75) is 6.61 Å². The fourth-order valence-electron chi connectivity index (χ4n) is 4.47. The molecule has 0 spiro atoms. The van der Waals surface area contributed by atoms with E-state index in [9.17, 15) is 9.50 Å². The zero-order valence-corrected chi connectivity index (χ0v) is 19.0. The Bertz CT molecular complexity index is 1260. The lowest BCUT2D eigenvalue weighted by Gasteiger charge is -2.36. The van der Waals surface area contributed by atoms with Crippen LogP contribution in [0.3, 0.4) is 0 Å². The van der Waals surface area contributed by atoms with Crippen molar-refractivity contribution in [3.8, 4) is 11.1 Å². The highest BCUT2D eigenvalue weighted by Gasteiger charge is 2.18. The van der Waals surface area contributed by atoms with Crippen LogP contribution in [0.25, 0.3) is 22.0 Å². The SMILES string of the molecule is OCc1cc(N2CCN(CCF)CC2)ccc1Nc1ncc2cccc(-c3ccccc3)c2n1. The van der Waals surface area contributed by atoms with Crippen LogP contribution in [0, 0.1) is 0 Å². The molecular formula is C27H28FN5O. The summed E-state index contributed by atoms with van der Waals surface area (Å²) < 4.78 is 12.6. The van der Waals surface area contributed by atoms with Crippen LogP contribution in [0.1, 0.15) is 5.56 Å². The Morgan fingerprint density at radius 3 is 2.53 bits per heavy atom. The van der Waals surface area contributed by atoms with Crippen LogP contribution in [0.2, 0.25) is 0 Å². The number of anilines is 3. The molecule has 4 aromatic rings. The molecule has 1 aliphatic heterocycles. The van der Waals surface area contributed by atoms with E-state index < -0.39 is 0 Å². The highest BCUT2D eigenvalue weighted by atomic mass is 19.1. The van der Waals surface area contributed by atoms with Crippen LogP contribution in [0.15, 0.2) is 72.9 Å². The normalized spacial score (nSPS) is 14.5. The number of para-hydroxylation sites is 1. The highest BCUT2D eigenvalue weighted by Crippen LogP contribution is 2.30. The minimum Gasteiger partial charge on any atom is -0.392 e. The highest BCUT2D eigenvalue weighted by molar-refractivity contribution is 5.93. The van der Waals surface area contributed by atoms with Gasteiger partial charge in [-0.15, -0.1) is 0 Å². The summed E-state index contributed by atoms with van der Waals surface area (Å²) in [5.41, 5.74) is 5.64. The average Bonchev–Trinajstić information content (AvgIpc) is 2.90. The minimum absolute atomic E-state index is 0.0964. The van der Waals surface area contributed by atoms with E-state index in [0.717, 1.165) is 65.1 Å². The molecule has 3 aromatic carbocycles. The van der Waals surface area contributed by atoms with Crippen molar-refractivity contribution in [3.05, 3.63) is 78.5 Å². The molecule has 1 aromatic heterocycles. The number of rotatable bonds is 7. The van der Waals surface area contributed by atoms with E-state index >= 15 is 0 Å². The number of halogens is 1. The van der Waals surface area contributed by atoms with Crippen LogP contribution in [0.5, 0.6) is 0 Å². The maximum Gasteiger partial charge on any atom is 0.227 e. The molecule has 1 fully saturated rings. The lowest BCUT2D eigenvalue weighted by Crippen LogP contribution is -2.47. The Morgan fingerprint density at radius 1 is 0.941 bits per heavy atom. The molecule has 0 unspecified atom stereocenters. The van der Waals surface area contributed by atoms with E-state index in [-0.39, 0.29) is 13.3 Å². The predicted octanol–water partition coefficient (Wildman–Crippen LogP) is 4.62. The van der Waals surface area contributed by atoms with Crippen LogP contribution in [-0.4, -0.2) is 59.4 Å². The lowest BCUT2D eigenvalue weighted by atomic mass is 10.0. The maximum absolute atomic E-state index is 12.6. The van der Waals surface area contributed by atoms with E-state index in [0.29, 0.717) is 12.5 Å². The molecule has 0 radical (unpaired) electrons. The standard InChI is InChI=1S/C27H28FN5O/c28-11-12-32-13-15-33(16-14-32)23-9-10-25(22(17-23)19-34)30-27-29-18-21-7-4-8-24(26(21)31-27)20-5-2-1-3-6-20/h1-10,17-18,34H,11-16,19H2,(H,29,30,31). The minimum atomic E-state index is -0.307. The molecule has 0 amide bonds. The quantitative estimate of drug-likeness (QED) is 0.422. The van der Waals surface area contributed by atoms with Gasteiger partial charge in [0.15, 0.2) is 0 Å². The van der Waals surface area contributed by atoms with Crippen molar-refractivity contribution < 1.29 is 9.50 Å². The predicted molar refractivity (Wildman–Crippen MR) is 135 cm³/mol. The average molecular weight is 458 g/mol. The fourth-order valence-corrected chi connectivity index (χ4v) is 4.47. The summed E-state index contributed by atoms with van der Waals surface area (Å²) in [5, 5.41) is 14.3. The molecule has 0 atom stereocenters. The van der Waals surface area contributed by atoms with Crippen LogP contribution >= 0.6 is 0 Å². The number of nitrogens with zero attached hydrogens (tertiary/aromatic N) is 4. The molecule has 7 heteroatoms. The lowest BCUT2D eigenvalue weighted by molar-refractivity contribution is 0.235. The first-order chi connectivity index (χ1) is 16.7. The Morgan fingerprint density at radius 2 is 1.76 bits per heavy atom. The molecule has 5 rings (SSSR count). The van der Waals surface area contributed by atoms with Crippen molar-refractivity contribution in [3.63, 3.8) is 0 Å². The van der Waals surface area contributed by atoms with Gasteiger partial charge in [0.25, 0.3) is 0 Å². The summed E-state index contributed by atoms with van der Waals surface area (Å²) in [4.78, 5) is 13.7. The molecule has 0 aliphatic carbocycles. The van der Waals surface area contributed by atoms with E-state index in [1.54, 1.807) is 0 Å². The van der Waals surface area contributed by atoms with E-state index in [1.807, 2.05) is 54.7 Å². The van der Waals surface area contributed by atoms with Gasteiger partial charge in [-0.3, -0.25) is 4.90 Å². The number of alkyl halides is 1. The first-order valence-corrected chi connectivity index (χ1v) is 11.6. The van der Waals surface area contributed by atoms with Gasteiger partial charge in [0.05, 0.1) is 12.1 Å². The molecular weight excluding hydrogens is 429 g/mol. The molecule has 174 valence electrons. The second kappa shape index (κ2) is 10.2. The van der Waals surface area contributed by atoms with Gasteiger partial charge in [-0.2, -0.15) is 0 Å². The third kappa shape index (κ3) is 4.71. The summed E-state index contributed by atoms with van der Waals surface area (Å²) >= 11 is 0. The van der Waals surface area contributed by atoms with Gasteiger partial charge in [-0.1, -0.05) is 48.5 Å². The van der Waals surface area contributed by atoms with Crippen molar-refractivity contribution in [1.82, 2.24) is 14.9 Å². The summed E-state index contributed by atoms with van der Waals surface area (Å²) in [7, 11) is 0. The summed E-state index contributed by atoms with van der Waals surface area (Å²) in [6.45, 7) is 3.46. The second-order valence-electron chi connectivity index (χ2n) is 8.45. The smallest absolute Gasteiger partial charge is 0.227 e. The van der Waals surface area contributed by atoms with Crippen molar-refractivity contribution in [1.29, 1.82) is 0 Å². The summed E-state index contributed by atoms with van der Waals surface area (Å²) in [6, 6.07) is 22.3. The summed E-state index contributed by atoms with van der Waals surface area (Å²) in [5.74, 6) is 0.484. The number of hydrogen-bond donors (Lipinski definition) is 2. The Kier molecular flexibility index (Phi) is 6.65. The first kappa shape index (κ1) is 22.3. The Balaban J connectivity index is 1.39.